The molecule has 1 saturated carbocycles. The predicted molar refractivity (Wildman–Crippen MR) is 89.1 cm³/mol. The first-order chi connectivity index (χ1) is 10.6. The molecule has 1 fully saturated rings. The Morgan fingerprint density at radius 2 is 2.14 bits per heavy atom. The number of hydrogen-bond donors (Lipinski definition) is 2. The van der Waals surface area contributed by atoms with E-state index in [2.05, 4.69) is 11.4 Å². The summed E-state index contributed by atoms with van der Waals surface area (Å²) in [5.41, 5.74) is 7.02. The molecule has 2 atom stereocenters. The van der Waals surface area contributed by atoms with Crippen LogP contribution in [-0.4, -0.2) is 31.0 Å². The van der Waals surface area contributed by atoms with Crippen molar-refractivity contribution in [2.45, 2.75) is 51.6 Å². The molecular weight excluding hydrogens is 276 g/mol. The Morgan fingerprint density at radius 3 is 2.77 bits per heavy atom. The minimum absolute atomic E-state index is 0.0110. The van der Waals surface area contributed by atoms with Crippen LogP contribution in [-0.2, 0) is 11.2 Å². The molecule has 0 radical (unpaired) electrons. The number of para-hydroxylation sites is 1. The van der Waals surface area contributed by atoms with Gasteiger partial charge in [0.15, 0.2) is 0 Å². The molecule has 0 heterocycles. The van der Waals surface area contributed by atoms with Crippen LogP contribution in [0.3, 0.4) is 0 Å². The number of ketones is 1. The van der Waals surface area contributed by atoms with Crippen LogP contribution < -0.4 is 15.8 Å². The molecule has 1 aromatic carbocycles. The van der Waals surface area contributed by atoms with Gasteiger partial charge in [0, 0.05) is 12.6 Å². The van der Waals surface area contributed by atoms with Crippen molar-refractivity contribution in [2.75, 3.05) is 13.2 Å². The third kappa shape index (κ3) is 5.43. The summed E-state index contributed by atoms with van der Waals surface area (Å²) in [7, 11) is 0. The minimum Gasteiger partial charge on any atom is -0.492 e. The quantitative estimate of drug-likeness (QED) is 0.651. The van der Waals surface area contributed by atoms with Gasteiger partial charge in [-0.25, -0.2) is 0 Å². The Bertz CT molecular complexity index is 484. The Labute approximate surface area is 133 Å². The molecule has 2 rings (SSSR count). The van der Waals surface area contributed by atoms with Crippen molar-refractivity contribution in [1.29, 1.82) is 0 Å². The number of benzene rings is 1. The van der Waals surface area contributed by atoms with E-state index in [9.17, 15) is 4.79 Å². The zero-order valence-corrected chi connectivity index (χ0v) is 13.7. The first-order valence-corrected chi connectivity index (χ1v) is 8.28. The highest BCUT2D eigenvalue weighted by molar-refractivity contribution is 5.82. The van der Waals surface area contributed by atoms with Crippen molar-refractivity contribution >= 4 is 5.78 Å². The summed E-state index contributed by atoms with van der Waals surface area (Å²) in [6.07, 6.45) is 4.21. The SMILES string of the molecule is CC(=O)C(NCCOc1ccccc1CCC(C)N)C1CC1. The molecule has 0 spiro atoms. The zero-order chi connectivity index (χ0) is 15.9. The van der Waals surface area contributed by atoms with E-state index in [4.69, 9.17) is 10.5 Å². The number of carbonyl (C=O) groups excluding carboxylic acids is 1. The number of rotatable bonds is 10. The summed E-state index contributed by atoms with van der Waals surface area (Å²) >= 11 is 0. The molecule has 1 aromatic rings. The van der Waals surface area contributed by atoms with Crippen LogP contribution in [0, 0.1) is 5.92 Å². The second-order valence-corrected chi connectivity index (χ2v) is 6.35. The van der Waals surface area contributed by atoms with E-state index >= 15 is 0 Å². The Kier molecular flexibility index (Phi) is 6.40. The molecule has 0 bridgehead atoms. The molecular formula is C18H28N2O2. The lowest BCUT2D eigenvalue weighted by molar-refractivity contribution is -0.119. The van der Waals surface area contributed by atoms with Crippen molar-refractivity contribution in [2.24, 2.45) is 11.7 Å². The summed E-state index contributed by atoms with van der Waals surface area (Å²) in [6.45, 7) is 4.96. The number of carbonyl (C=O) groups is 1. The Morgan fingerprint density at radius 1 is 1.41 bits per heavy atom. The molecule has 4 heteroatoms. The van der Waals surface area contributed by atoms with Crippen molar-refractivity contribution < 1.29 is 9.53 Å². The van der Waals surface area contributed by atoms with Crippen LogP contribution in [0.25, 0.3) is 0 Å². The summed E-state index contributed by atoms with van der Waals surface area (Å²) in [5.74, 6) is 1.70. The molecule has 0 aliphatic heterocycles. The lowest BCUT2D eigenvalue weighted by Gasteiger charge is -2.16. The van der Waals surface area contributed by atoms with Crippen molar-refractivity contribution in [3.63, 3.8) is 0 Å². The number of hydrogen-bond acceptors (Lipinski definition) is 4. The van der Waals surface area contributed by atoms with Gasteiger partial charge in [0.25, 0.3) is 0 Å². The topological polar surface area (TPSA) is 64.3 Å². The van der Waals surface area contributed by atoms with Crippen molar-refractivity contribution in [1.82, 2.24) is 5.32 Å². The molecule has 1 aliphatic rings. The van der Waals surface area contributed by atoms with Crippen LogP contribution in [0.4, 0.5) is 0 Å². The summed E-state index contributed by atoms with van der Waals surface area (Å²) in [5, 5.41) is 3.33. The molecule has 0 saturated heterocycles. The van der Waals surface area contributed by atoms with E-state index in [1.807, 2.05) is 25.1 Å². The maximum absolute atomic E-state index is 11.6. The van der Waals surface area contributed by atoms with Crippen molar-refractivity contribution in [3.05, 3.63) is 29.8 Å². The monoisotopic (exact) mass is 304 g/mol. The second kappa shape index (κ2) is 8.30. The fraction of sp³-hybridized carbons (Fsp3) is 0.611. The average molecular weight is 304 g/mol. The highest BCUT2D eigenvalue weighted by Crippen LogP contribution is 2.32. The maximum atomic E-state index is 11.6. The molecule has 122 valence electrons. The van der Waals surface area contributed by atoms with Gasteiger partial charge in [-0.2, -0.15) is 0 Å². The number of Topliss-reactive ketones (excluding diaryl/α,β-unsaturated/α-hetero) is 1. The predicted octanol–water partition coefficient (Wildman–Crippen LogP) is 2.30. The highest BCUT2D eigenvalue weighted by Gasteiger charge is 2.33. The molecule has 0 aromatic heterocycles. The summed E-state index contributed by atoms with van der Waals surface area (Å²) < 4.78 is 5.89. The lowest BCUT2D eigenvalue weighted by Crippen LogP contribution is -2.39. The van der Waals surface area contributed by atoms with Gasteiger partial charge in [0.05, 0.1) is 6.04 Å². The highest BCUT2D eigenvalue weighted by atomic mass is 16.5. The van der Waals surface area contributed by atoms with Gasteiger partial charge in [0.1, 0.15) is 18.1 Å². The molecule has 2 unspecified atom stereocenters. The van der Waals surface area contributed by atoms with Gasteiger partial charge in [-0.3, -0.25) is 4.79 Å². The van der Waals surface area contributed by atoms with Crippen LogP contribution in [0.1, 0.15) is 38.7 Å². The molecule has 3 N–H and O–H groups in total. The fourth-order valence-corrected chi connectivity index (χ4v) is 2.68. The van der Waals surface area contributed by atoms with E-state index in [1.165, 1.54) is 5.56 Å². The first-order valence-electron chi connectivity index (χ1n) is 8.28. The summed E-state index contributed by atoms with van der Waals surface area (Å²) in [4.78, 5) is 11.6. The van der Waals surface area contributed by atoms with E-state index < -0.39 is 0 Å². The Hall–Kier alpha value is -1.39. The van der Waals surface area contributed by atoms with Gasteiger partial charge in [0.2, 0.25) is 0 Å². The molecule has 22 heavy (non-hydrogen) atoms. The van der Waals surface area contributed by atoms with E-state index in [0.717, 1.165) is 31.4 Å². The molecule has 4 nitrogen and oxygen atoms in total. The fourth-order valence-electron chi connectivity index (χ4n) is 2.68. The number of nitrogens with two attached hydrogens (primary N) is 1. The standard InChI is InChI=1S/C18H28N2O2/c1-13(19)7-8-15-5-3-4-6-17(15)22-12-11-20-18(14(2)21)16-9-10-16/h3-6,13,16,18,20H,7-12,19H2,1-2H3. The lowest BCUT2D eigenvalue weighted by atomic mass is 10.1. The third-order valence-electron chi connectivity index (χ3n) is 4.10. The maximum Gasteiger partial charge on any atom is 0.146 e. The van der Waals surface area contributed by atoms with Crippen LogP contribution in [0.15, 0.2) is 24.3 Å². The number of aryl methyl sites for hydroxylation is 1. The van der Waals surface area contributed by atoms with E-state index in [-0.39, 0.29) is 17.9 Å². The largest absolute Gasteiger partial charge is 0.492 e. The second-order valence-electron chi connectivity index (χ2n) is 6.35. The van der Waals surface area contributed by atoms with Crippen LogP contribution >= 0.6 is 0 Å². The average Bonchev–Trinajstić information content (AvgIpc) is 3.30. The smallest absolute Gasteiger partial charge is 0.146 e. The van der Waals surface area contributed by atoms with Gasteiger partial charge in [-0.1, -0.05) is 18.2 Å². The summed E-state index contributed by atoms with van der Waals surface area (Å²) in [6, 6.07) is 8.32. The van der Waals surface area contributed by atoms with Gasteiger partial charge >= 0.3 is 0 Å². The number of ether oxygens (including phenoxy) is 1. The first kappa shape index (κ1) is 17.0. The normalized spacial score (nSPS) is 17.0. The third-order valence-corrected chi connectivity index (χ3v) is 4.10. The van der Waals surface area contributed by atoms with Gasteiger partial charge in [-0.15, -0.1) is 0 Å². The van der Waals surface area contributed by atoms with Crippen molar-refractivity contribution in [3.8, 4) is 5.75 Å². The van der Waals surface area contributed by atoms with Gasteiger partial charge < -0.3 is 15.8 Å². The Balaban J connectivity index is 1.77. The van der Waals surface area contributed by atoms with Crippen LogP contribution in [0.5, 0.6) is 5.75 Å². The molecule has 1 aliphatic carbocycles. The molecule has 0 amide bonds. The van der Waals surface area contributed by atoms with Crippen LogP contribution in [0.2, 0.25) is 0 Å². The van der Waals surface area contributed by atoms with Gasteiger partial charge in [-0.05, 0) is 57.1 Å². The van der Waals surface area contributed by atoms with E-state index in [0.29, 0.717) is 19.1 Å². The number of nitrogens with one attached hydrogen (secondary N) is 1. The minimum atomic E-state index is 0.0110. The van der Waals surface area contributed by atoms with E-state index in [1.54, 1.807) is 6.92 Å². The zero-order valence-electron chi connectivity index (χ0n) is 13.7.